The van der Waals surface area contributed by atoms with Gasteiger partial charge in [-0.15, -0.1) is 24.0 Å². The van der Waals surface area contributed by atoms with Crippen molar-refractivity contribution in [2.75, 3.05) is 53.0 Å². The third-order valence-electron chi connectivity index (χ3n) is 4.55. The minimum Gasteiger partial charge on any atom is -0.383 e. The Morgan fingerprint density at radius 2 is 1.96 bits per heavy atom. The molecular weight excluding hydrogens is 433 g/mol. The van der Waals surface area contributed by atoms with Crippen molar-refractivity contribution >= 4 is 35.8 Å². The average molecular weight is 467 g/mol. The third-order valence-corrected chi connectivity index (χ3v) is 4.55. The van der Waals surface area contributed by atoms with Crippen LogP contribution < -0.4 is 16.0 Å². The van der Waals surface area contributed by atoms with Gasteiger partial charge in [0.1, 0.15) is 0 Å². The Morgan fingerprint density at radius 1 is 1.20 bits per heavy atom. The molecule has 2 aliphatic rings. The number of rotatable bonds is 10. The molecule has 0 spiro atoms. The zero-order valence-electron chi connectivity index (χ0n) is 15.6. The zero-order chi connectivity index (χ0) is 17.2. The van der Waals surface area contributed by atoms with Gasteiger partial charge in [0.05, 0.1) is 13.2 Å². The summed E-state index contributed by atoms with van der Waals surface area (Å²) in [5.41, 5.74) is 0. The molecule has 2 fully saturated rings. The lowest BCUT2D eigenvalue weighted by molar-refractivity contribution is -0.122. The summed E-state index contributed by atoms with van der Waals surface area (Å²) in [6, 6.07) is 0.505. The van der Waals surface area contributed by atoms with Crippen LogP contribution in [-0.4, -0.2) is 75.8 Å². The SMILES string of the molecule is CCNC(=NCC1CCCN1CCOC)NCCNC(=O)C1CC1.I. The molecule has 2 rings (SSSR count). The van der Waals surface area contributed by atoms with Crippen LogP contribution in [0.15, 0.2) is 4.99 Å². The number of aliphatic imine (C=N–C) groups is 1. The summed E-state index contributed by atoms with van der Waals surface area (Å²) in [4.78, 5) is 18.8. The summed E-state index contributed by atoms with van der Waals surface area (Å²) < 4.78 is 5.19. The normalized spacial score (nSPS) is 20.9. The fraction of sp³-hybridized carbons (Fsp3) is 0.882. The molecule has 3 N–H and O–H groups in total. The Bertz CT molecular complexity index is 418. The number of methoxy groups -OCH3 is 1. The molecule has 1 aliphatic carbocycles. The lowest BCUT2D eigenvalue weighted by atomic mass is 10.2. The molecule has 1 aliphatic heterocycles. The van der Waals surface area contributed by atoms with E-state index in [-0.39, 0.29) is 35.8 Å². The Balaban J connectivity index is 0.00000312. The predicted octanol–water partition coefficient (Wildman–Crippen LogP) is 0.797. The molecule has 8 heteroatoms. The Kier molecular flexibility index (Phi) is 11.4. The number of amides is 1. The number of carbonyl (C=O) groups excluding carboxylic acids is 1. The molecular formula is C17H34IN5O2. The largest absolute Gasteiger partial charge is 0.383 e. The number of hydrogen-bond acceptors (Lipinski definition) is 4. The number of carbonyl (C=O) groups is 1. The Hall–Kier alpha value is -0.610. The second-order valence-electron chi connectivity index (χ2n) is 6.54. The van der Waals surface area contributed by atoms with Crippen LogP contribution in [0.25, 0.3) is 0 Å². The van der Waals surface area contributed by atoms with Crippen LogP contribution >= 0.6 is 24.0 Å². The van der Waals surface area contributed by atoms with Crippen molar-refractivity contribution in [1.82, 2.24) is 20.9 Å². The first-order valence-corrected chi connectivity index (χ1v) is 9.27. The van der Waals surface area contributed by atoms with Crippen molar-refractivity contribution in [3.63, 3.8) is 0 Å². The van der Waals surface area contributed by atoms with Gasteiger partial charge < -0.3 is 20.7 Å². The van der Waals surface area contributed by atoms with E-state index in [4.69, 9.17) is 9.73 Å². The highest BCUT2D eigenvalue weighted by Crippen LogP contribution is 2.28. The molecule has 0 aromatic heterocycles. The summed E-state index contributed by atoms with van der Waals surface area (Å²) in [7, 11) is 1.75. The molecule has 146 valence electrons. The molecule has 1 heterocycles. The molecule has 1 atom stereocenters. The molecule has 25 heavy (non-hydrogen) atoms. The Morgan fingerprint density at radius 3 is 2.64 bits per heavy atom. The van der Waals surface area contributed by atoms with Gasteiger partial charge in [-0.25, -0.2) is 0 Å². The number of likely N-dealkylation sites (tertiary alicyclic amines) is 1. The third kappa shape index (κ3) is 8.54. The van der Waals surface area contributed by atoms with Crippen molar-refractivity contribution < 1.29 is 9.53 Å². The van der Waals surface area contributed by atoms with E-state index >= 15 is 0 Å². The van der Waals surface area contributed by atoms with Crippen molar-refractivity contribution in [2.45, 2.75) is 38.6 Å². The maximum atomic E-state index is 11.6. The predicted molar refractivity (Wildman–Crippen MR) is 112 cm³/mol. The number of halogens is 1. The van der Waals surface area contributed by atoms with Crippen LogP contribution in [0.1, 0.15) is 32.6 Å². The molecule has 1 saturated heterocycles. The topological polar surface area (TPSA) is 78.0 Å². The number of ether oxygens (including phenoxy) is 1. The van der Waals surface area contributed by atoms with E-state index in [0.717, 1.165) is 51.6 Å². The van der Waals surface area contributed by atoms with Crippen molar-refractivity contribution in [2.24, 2.45) is 10.9 Å². The summed E-state index contributed by atoms with van der Waals surface area (Å²) >= 11 is 0. The fourth-order valence-corrected chi connectivity index (χ4v) is 3.00. The molecule has 7 nitrogen and oxygen atoms in total. The highest BCUT2D eigenvalue weighted by molar-refractivity contribution is 14.0. The van der Waals surface area contributed by atoms with Gasteiger partial charge in [-0.1, -0.05) is 0 Å². The number of guanidine groups is 1. The smallest absolute Gasteiger partial charge is 0.223 e. The summed E-state index contributed by atoms with van der Waals surface area (Å²) in [5.74, 6) is 1.29. The molecule has 0 radical (unpaired) electrons. The molecule has 1 amide bonds. The lowest BCUT2D eigenvalue weighted by Crippen LogP contribution is -2.42. The van der Waals surface area contributed by atoms with Gasteiger partial charge in [-0.3, -0.25) is 14.7 Å². The minimum absolute atomic E-state index is 0. The van der Waals surface area contributed by atoms with E-state index in [1.165, 1.54) is 12.8 Å². The molecule has 0 aromatic rings. The van der Waals surface area contributed by atoms with E-state index in [9.17, 15) is 4.79 Å². The van der Waals surface area contributed by atoms with Gasteiger partial charge in [-0.05, 0) is 39.2 Å². The van der Waals surface area contributed by atoms with E-state index in [2.05, 4.69) is 27.8 Å². The Labute approximate surface area is 168 Å². The second kappa shape index (κ2) is 12.7. The quantitative estimate of drug-likeness (QED) is 0.192. The molecule has 1 unspecified atom stereocenters. The number of hydrogen-bond donors (Lipinski definition) is 3. The van der Waals surface area contributed by atoms with E-state index in [1.54, 1.807) is 7.11 Å². The van der Waals surface area contributed by atoms with E-state index in [1.807, 2.05) is 0 Å². The van der Waals surface area contributed by atoms with Crippen LogP contribution in [0.5, 0.6) is 0 Å². The second-order valence-corrected chi connectivity index (χ2v) is 6.54. The van der Waals surface area contributed by atoms with Crippen LogP contribution in [-0.2, 0) is 9.53 Å². The van der Waals surface area contributed by atoms with Gasteiger partial charge in [0.25, 0.3) is 0 Å². The van der Waals surface area contributed by atoms with Crippen LogP contribution in [0.4, 0.5) is 0 Å². The summed E-state index contributed by atoms with van der Waals surface area (Å²) in [5, 5.41) is 9.53. The monoisotopic (exact) mass is 467 g/mol. The zero-order valence-corrected chi connectivity index (χ0v) is 17.9. The maximum Gasteiger partial charge on any atom is 0.223 e. The lowest BCUT2D eigenvalue weighted by Gasteiger charge is -2.23. The van der Waals surface area contributed by atoms with Gasteiger partial charge in [0.15, 0.2) is 5.96 Å². The van der Waals surface area contributed by atoms with Crippen molar-refractivity contribution in [3.8, 4) is 0 Å². The highest BCUT2D eigenvalue weighted by Gasteiger charge is 2.29. The van der Waals surface area contributed by atoms with Gasteiger partial charge in [-0.2, -0.15) is 0 Å². The van der Waals surface area contributed by atoms with E-state index < -0.39 is 0 Å². The number of nitrogens with zero attached hydrogens (tertiary/aromatic N) is 2. The van der Waals surface area contributed by atoms with Crippen LogP contribution in [0, 0.1) is 5.92 Å². The maximum absolute atomic E-state index is 11.6. The highest BCUT2D eigenvalue weighted by atomic mass is 127. The molecule has 0 bridgehead atoms. The first kappa shape index (κ1) is 22.4. The van der Waals surface area contributed by atoms with E-state index in [0.29, 0.717) is 19.1 Å². The van der Waals surface area contributed by atoms with Crippen molar-refractivity contribution in [1.29, 1.82) is 0 Å². The van der Waals surface area contributed by atoms with Crippen LogP contribution in [0.2, 0.25) is 0 Å². The van der Waals surface area contributed by atoms with Gasteiger partial charge in [0, 0.05) is 45.2 Å². The average Bonchev–Trinajstić information content (AvgIpc) is 3.34. The van der Waals surface area contributed by atoms with Crippen molar-refractivity contribution in [3.05, 3.63) is 0 Å². The number of nitrogens with one attached hydrogen (secondary N) is 3. The summed E-state index contributed by atoms with van der Waals surface area (Å²) in [6.07, 6.45) is 4.53. The first-order valence-electron chi connectivity index (χ1n) is 9.27. The first-order chi connectivity index (χ1) is 11.7. The van der Waals surface area contributed by atoms with Gasteiger partial charge >= 0.3 is 0 Å². The summed E-state index contributed by atoms with van der Waals surface area (Å²) in [6.45, 7) is 7.93. The van der Waals surface area contributed by atoms with Crippen LogP contribution in [0.3, 0.4) is 0 Å². The molecule has 0 aromatic carbocycles. The standard InChI is InChI=1S/C17H33N5O2.HI/c1-3-18-17(20-9-8-19-16(23)14-6-7-14)21-13-15-5-4-10-22(15)11-12-24-2;/h14-15H,3-13H2,1-2H3,(H,19,23)(H2,18,20,21);1H. The minimum atomic E-state index is 0. The van der Waals surface area contributed by atoms with Gasteiger partial charge in [0.2, 0.25) is 5.91 Å². The molecule has 1 saturated carbocycles. The fourth-order valence-electron chi connectivity index (χ4n) is 3.00.